The van der Waals surface area contributed by atoms with E-state index in [-0.39, 0.29) is 0 Å². The lowest BCUT2D eigenvalue weighted by atomic mass is 10.1. The van der Waals surface area contributed by atoms with Crippen LogP contribution in [0.3, 0.4) is 0 Å². The second-order valence-corrected chi connectivity index (χ2v) is 3.97. The van der Waals surface area contributed by atoms with Crippen LogP contribution >= 0.6 is 0 Å². The largest absolute Gasteiger partial charge is 0.454 e. The van der Waals surface area contributed by atoms with Crippen LogP contribution in [0.4, 0.5) is 23.2 Å². The van der Waals surface area contributed by atoms with Crippen molar-refractivity contribution in [1.82, 2.24) is 0 Å². The first kappa shape index (κ1) is 14.8. The summed E-state index contributed by atoms with van der Waals surface area (Å²) in [6, 6.07) is 6.89. The van der Waals surface area contributed by atoms with Gasteiger partial charge in [-0.2, -0.15) is 13.2 Å². The van der Waals surface area contributed by atoms with Gasteiger partial charge in [-0.1, -0.05) is 12.1 Å². The van der Waals surface area contributed by atoms with E-state index < -0.39 is 39.7 Å². The van der Waals surface area contributed by atoms with Crippen LogP contribution in [0.1, 0.15) is 5.56 Å². The molecule has 0 saturated carbocycles. The maximum atomic E-state index is 13.4. The first-order valence-corrected chi connectivity index (χ1v) is 5.57. The summed E-state index contributed by atoms with van der Waals surface area (Å²) in [5.41, 5.74) is -2.08. The maximum absolute atomic E-state index is 13.4. The molecule has 110 valence electrons. The van der Waals surface area contributed by atoms with E-state index in [4.69, 9.17) is 4.74 Å². The summed E-state index contributed by atoms with van der Waals surface area (Å²) in [5.74, 6) is -1.96. The average Bonchev–Trinajstić information content (AvgIpc) is 2.40. The van der Waals surface area contributed by atoms with Gasteiger partial charge in [0.2, 0.25) is 0 Å². The molecule has 0 aliphatic rings. The number of rotatable bonds is 3. The molecule has 2 aromatic rings. The lowest BCUT2D eigenvalue weighted by Crippen LogP contribution is -2.08. The van der Waals surface area contributed by atoms with Gasteiger partial charge in [0.15, 0.2) is 11.6 Å². The zero-order valence-corrected chi connectivity index (χ0v) is 10.2. The number of hydrogen-bond donors (Lipinski definition) is 0. The molecule has 0 aromatic heterocycles. The van der Waals surface area contributed by atoms with Gasteiger partial charge in [0.25, 0.3) is 5.69 Å². The zero-order chi connectivity index (χ0) is 15.6. The normalized spacial score (nSPS) is 11.2. The molecule has 2 aromatic carbocycles. The quantitative estimate of drug-likeness (QED) is 0.475. The minimum absolute atomic E-state index is 0.343. The summed E-state index contributed by atoms with van der Waals surface area (Å²) in [4.78, 5) is 9.58. The Morgan fingerprint density at radius 3 is 2.29 bits per heavy atom. The van der Waals surface area contributed by atoms with Gasteiger partial charge >= 0.3 is 6.18 Å². The fraction of sp³-hybridized carbons (Fsp3) is 0.0769. The second-order valence-electron chi connectivity index (χ2n) is 3.97. The van der Waals surface area contributed by atoms with Crippen LogP contribution in [0.2, 0.25) is 0 Å². The van der Waals surface area contributed by atoms with Crippen molar-refractivity contribution < 1.29 is 27.2 Å². The van der Waals surface area contributed by atoms with Crippen LogP contribution in [-0.4, -0.2) is 4.92 Å². The Morgan fingerprint density at radius 2 is 1.71 bits per heavy atom. The highest BCUT2D eigenvalue weighted by Crippen LogP contribution is 2.40. The van der Waals surface area contributed by atoms with E-state index in [0.29, 0.717) is 6.07 Å². The number of nitro groups is 1. The highest BCUT2D eigenvalue weighted by atomic mass is 19.4. The molecule has 0 spiro atoms. The molecule has 0 fully saturated rings. The molecule has 0 N–H and O–H groups in total. The van der Waals surface area contributed by atoms with E-state index in [2.05, 4.69) is 0 Å². The number of para-hydroxylation sites is 1. The van der Waals surface area contributed by atoms with Gasteiger partial charge in [0, 0.05) is 12.1 Å². The Bertz CT molecular complexity index is 685. The van der Waals surface area contributed by atoms with Crippen molar-refractivity contribution in [2.75, 3.05) is 0 Å². The molecule has 0 radical (unpaired) electrons. The maximum Gasteiger partial charge on any atom is 0.420 e. The lowest BCUT2D eigenvalue weighted by molar-refractivity contribution is -0.385. The SMILES string of the molecule is O=[N+]([O-])c1ccc(Oc2ccccc2F)c(C(F)(F)F)c1. The van der Waals surface area contributed by atoms with E-state index >= 15 is 0 Å². The van der Waals surface area contributed by atoms with Crippen molar-refractivity contribution in [3.63, 3.8) is 0 Å². The predicted molar refractivity (Wildman–Crippen MR) is 64.6 cm³/mol. The molecule has 0 aliphatic heterocycles. The summed E-state index contributed by atoms with van der Waals surface area (Å²) >= 11 is 0. The molecule has 2 rings (SSSR count). The number of nitrogens with zero attached hydrogens (tertiary/aromatic N) is 1. The summed E-state index contributed by atoms with van der Waals surface area (Å²) in [5, 5.41) is 10.5. The standard InChI is InChI=1S/C13H7F4NO3/c14-10-3-1-2-4-12(10)21-11-6-5-8(18(19)20)7-9(11)13(15,16)17/h1-7H. The van der Waals surface area contributed by atoms with E-state index in [1.54, 1.807) is 0 Å². The van der Waals surface area contributed by atoms with Crippen molar-refractivity contribution in [2.45, 2.75) is 6.18 Å². The third kappa shape index (κ3) is 3.28. The summed E-state index contributed by atoms with van der Waals surface area (Å²) in [6.07, 6.45) is -4.87. The fourth-order valence-corrected chi connectivity index (χ4v) is 1.59. The number of nitro benzene ring substituents is 1. The van der Waals surface area contributed by atoms with Crippen LogP contribution in [0.15, 0.2) is 42.5 Å². The topological polar surface area (TPSA) is 52.4 Å². The van der Waals surface area contributed by atoms with Gasteiger partial charge in [-0.05, 0) is 18.2 Å². The van der Waals surface area contributed by atoms with Crippen LogP contribution in [0.25, 0.3) is 0 Å². The minimum atomic E-state index is -4.87. The molecule has 4 nitrogen and oxygen atoms in total. The van der Waals surface area contributed by atoms with Gasteiger partial charge in [-0.15, -0.1) is 0 Å². The third-order valence-electron chi connectivity index (χ3n) is 2.54. The number of hydrogen-bond acceptors (Lipinski definition) is 3. The van der Waals surface area contributed by atoms with E-state index in [9.17, 15) is 27.7 Å². The van der Waals surface area contributed by atoms with Crippen LogP contribution in [0, 0.1) is 15.9 Å². The molecular weight excluding hydrogens is 294 g/mol. The Hall–Kier alpha value is -2.64. The molecule has 0 amide bonds. The van der Waals surface area contributed by atoms with E-state index in [0.717, 1.165) is 24.3 Å². The zero-order valence-electron chi connectivity index (χ0n) is 10.2. The summed E-state index contributed by atoms with van der Waals surface area (Å²) in [7, 11) is 0. The molecular formula is C13H7F4NO3. The van der Waals surface area contributed by atoms with Crippen molar-refractivity contribution in [1.29, 1.82) is 0 Å². The predicted octanol–water partition coefficient (Wildman–Crippen LogP) is 4.55. The smallest absolute Gasteiger partial charge is 0.420 e. The summed E-state index contributed by atoms with van der Waals surface area (Å²) in [6.45, 7) is 0. The van der Waals surface area contributed by atoms with Gasteiger partial charge < -0.3 is 4.74 Å². The van der Waals surface area contributed by atoms with Gasteiger partial charge in [0.05, 0.1) is 4.92 Å². The lowest BCUT2D eigenvalue weighted by Gasteiger charge is -2.13. The molecule has 0 bridgehead atoms. The Labute approximate surface area is 115 Å². The van der Waals surface area contributed by atoms with E-state index in [1.807, 2.05) is 0 Å². The molecule has 0 aliphatic carbocycles. The van der Waals surface area contributed by atoms with Gasteiger partial charge in [-0.25, -0.2) is 4.39 Å². The molecule has 8 heteroatoms. The van der Waals surface area contributed by atoms with Crippen LogP contribution in [0.5, 0.6) is 11.5 Å². The second kappa shape index (κ2) is 5.39. The van der Waals surface area contributed by atoms with Crippen LogP contribution < -0.4 is 4.74 Å². The van der Waals surface area contributed by atoms with Gasteiger partial charge in [0.1, 0.15) is 11.3 Å². The number of alkyl halides is 3. The number of benzene rings is 2. The first-order chi connectivity index (χ1) is 9.79. The van der Waals surface area contributed by atoms with Crippen LogP contribution in [-0.2, 0) is 6.18 Å². The molecule has 21 heavy (non-hydrogen) atoms. The molecule has 0 heterocycles. The number of ether oxygens (including phenoxy) is 1. The summed E-state index contributed by atoms with van der Waals surface area (Å²) < 4.78 is 57.0. The Morgan fingerprint density at radius 1 is 1.05 bits per heavy atom. The van der Waals surface area contributed by atoms with Crippen molar-refractivity contribution in [2.24, 2.45) is 0 Å². The highest BCUT2D eigenvalue weighted by molar-refractivity contribution is 5.47. The Balaban J connectivity index is 2.48. The number of non-ortho nitro benzene ring substituents is 1. The molecule has 0 saturated heterocycles. The Kier molecular flexibility index (Phi) is 3.79. The monoisotopic (exact) mass is 301 g/mol. The third-order valence-corrected chi connectivity index (χ3v) is 2.54. The molecule has 0 atom stereocenters. The highest BCUT2D eigenvalue weighted by Gasteiger charge is 2.36. The van der Waals surface area contributed by atoms with Crippen molar-refractivity contribution in [3.8, 4) is 11.5 Å². The first-order valence-electron chi connectivity index (χ1n) is 5.57. The van der Waals surface area contributed by atoms with Crippen molar-refractivity contribution in [3.05, 3.63) is 64.0 Å². The number of halogens is 4. The average molecular weight is 301 g/mol. The minimum Gasteiger partial charge on any atom is -0.454 e. The molecule has 0 unspecified atom stereocenters. The van der Waals surface area contributed by atoms with E-state index in [1.165, 1.54) is 12.1 Å². The van der Waals surface area contributed by atoms with Crippen molar-refractivity contribution >= 4 is 5.69 Å². The van der Waals surface area contributed by atoms with Gasteiger partial charge in [-0.3, -0.25) is 10.1 Å². The fourth-order valence-electron chi connectivity index (χ4n) is 1.59.